The molecule has 0 radical (unpaired) electrons. The first-order chi connectivity index (χ1) is 12.1. The van der Waals surface area contributed by atoms with Crippen molar-refractivity contribution in [3.05, 3.63) is 47.8 Å². The van der Waals surface area contributed by atoms with Crippen molar-refractivity contribution in [1.29, 1.82) is 0 Å². The van der Waals surface area contributed by atoms with Crippen LogP contribution in [0, 0.1) is 6.92 Å². The smallest absolute Gasteiger partial charge is 0.315 e. The van der Waals surface area contributed by atoms with E-state index >= 15 is 0 Å². The molecule has 1 aliphatic heterocycles. The van der Waals surface area contributed by atoms with Gasteiger partial charge >= 0.3 is 6.03 Å². The van der Waals surface area contributed by atoms with Crippen molar-refractivity contribution in [3.63, 3.8) is 0 Å². The Morgan fingerprint density at radius 2 is 2.28 bits per heavy atom. The van der Waals surface area contributed by atoms with E-state index in [1.54, 1.807) is 0 Å². The van der Waals surface area contributed by atoms with Crippen molar-refractivity contribution in [2.24, 2.45) is 7.05 Å². The van der Waals surface area contributed by atoms with E-state index in [-0.39, 0.29) is 12.1 Å². The second-order valence-electron chi connectivity index (χ2n) is 6.80. The van der Waals surface area contributed by atoms with E-state index in [0.29, 0.717) is 6.54 Å². The number of piperidine rings is 1. The van der Waals surface area contributed by atoms with Gasteiger partial charge in [-0.3, -0.25) is 4.68 Å². The number of amides is 2. The predicted molar refractivity (Wildman–Crippen MR) is 99.9 cm³/mol. The molecule has 1 saturated heterocycles. The van der Waals surface area contributed by atoms with Gasteiger partial charge in [0, 0.05) is 38.9 Å². The number of nitrogens with one attached hydrogen (secondary N) is 2. The van der Waals surface area contributed by atoms with Gasteiger partial charge in [0.25, 0.3) is 0 Å². The number of carbonyl (C=O) groups is 1. The molecule has 0 aliphatic carbocycles. The Balaban J connectivity index is 1.43. The zero-order valence-electron chi connectivity index (χ0n) is 15.0. The van der Waals surface area contributed by atoms with Crippen molar-refractivity contribution in [2.75, 3.05) is 24.5 Å². The van der Waals surface area contributed by atoms with Gasteiger partial charge in [-0.25, -0.2) is 4.79 Å². The molecule has 2 aromatic rings. The zero-order valence-corrected chi connectivity index (χ0v) is 15.0. The van der Waals surface area contributed by atoms with Crippen molar-refractivity contribution >= 4 is 11.7 Å². The first kappa shape index (κ1) is 17.3. The van der Waals surface area contributed by atoms with Crippen LogP contribution in [-0.4, -0.2) is 41.5 Å². The molecule has 3 rings (SSSR count). The highest BCUT2D eigenvalue weighted by Crippen LogP contribution is 2.18. The number of hydrogen-bond donors (Lipinski definition) is 2. The number of aromatic nitrogens is 2. The Kier molecular flexibility index (Phi) is 5.58. The van der Waals surface area contributed by atoms with Crippen LogP contribution in [0.3, 0.4) is 0 Å². The summed E-state index contributed by atoms with van der Waals surface area (Å²) in [5.41, 5.74) is 3.62. The molecule has 1 aromatic carbocycles. The Morgan fingerprint density at radius 1 is 1.40 bits per heavy atom. The molecule has 134 valence electrons. The summed E-state index contributed by atoms with van der Waals surface area (Å²) in [6, 6.07) is 8.49. The molecule has 2 amide bonds. The van der Waals surface area contributed by atoms with Gasteiger partial charge in [0.1, 0.15) is 0 Å². The first-order valence-electron chi connectivity index (χ1n) is 8.93. The number of urea groups is 1. The highest BCUT2D eigenvalue weighted by atomic mass is 16.2. The molecule has 1 unspecified atom stereocenters. The van der Waals surface area contributed by atoms with Crippen LogP contribution in [0.4, 0.5) is 10.5 Å². The summed E-state index contributed by atoms with van der Waals surface area (Å²) in [6.45, 7) is 4.57. The average Bonchev–Trinajstić information content (AvgIpc) is 3.02. The molecule has 6 nitrogen and oxygen atoms in total. The Morgan fingerprint density at radius 3 is 3.04 bits per heavy atom. The molecule has 1 fully saturated rings. The Labute approximate surface area is 149 Å². The summed E-state index contributed by atoms with van der Waals surface area (Å²) < 4.78 is 1.81. The molecule has 6 heteroatoms. The van der Waals surface area contributed by atoms with Gasteiger partial charge in [0.2, 0.25) is 0 Å². The van der Waals surface area contributed by atoms with Gasteiger partial charge in [0.15, 0.2) is 0 Å². The molecule has 0 bridgehead atoms. The topological polar surface area (TPSA) is 62.2 Å². The van der Waals surface area contributed by atoms with Crippen LogP contribution >= 0.6 is 0 Å². The van der Waals surface area contributed by atoms with Crippen molar-refractivity contribution in [1.82, 2.24) is 20.4 Å². The van der Waals surface area contributed by atoms with Gasteiger partial charge < -0.3 is 15.5 Å². The minimum atomic E-state index is -0.0781. The lowest BCUT2D eigenvalue weighted by Crippen LogP contribution is -2.50. The molecule has 1 aromatic heterocycles. The molecular weight excluding hydrogens is 314 g/mol. The minimum absolute atomic E-state index is 0.0781. The molecule has 0 spiro atoms. The lowest BCUT2D eigenvalue weighted by Gasteiger charge is -2.33. The molecule has 25 heavy (non-hydrogen) atoms. The number of nitrogens with zero attached hydrogens (tertiary/aromatic N) is 3. The van der Waals surface area contributed by atoms with E-state index in [1.807, 2.05) is 24.1 Å². The molecule has 2 N–H and O–H groups in total. The summed E-state index contributed by atoms with van der Waals surface area (Å²) in [7, 11) is 1.92. The lowest BCUT2D eigenvalue weighted by atomic mass is 10.1. The van der Waals surface area contributed by atoms with Crippen LogP contribution < -0.4 is 15.5 Å². The number of hydrogen-bond acceptors (Lipinski definition) is 3. The Bertz CT molecular complexity index is 711. The van der Waals surface area contributed by atoms with Gasteiger partial charge in [-0.15, -0.1) is 0 Å². The normalized spacial score (nSPS) is 17.4. The van der Waals surface area contributed by atoms with E-state index in [1.165, 1.54) is 11.1 Å². The van der Waals surface area contributed by atoms with Crippen LogP contribution in [0.5, 0.6) is 0 Å². The van der Waals surface area contributed by atoms with Crippen LogP contribution in [0.1, 0.15) is 24.0 Å². The molecule has 1 aliphatic rings. The van der Waals surface area contributed by atoms with Gasteiger partial charge in [-0.2, -0.15) is 5.10 Å². The number of anilines is 1. The van der Waals surface area contributed by atoms with E-state index in [2.05, 4.69) is 51.8 Å². The van der Waals surface area contributed by atoms with Crippen LogP contribution in [0.15, 0.2) is 36.7 Å². The summed E-state index contributed by atoms with van der Waals surface area (Å²) in [4.78, 5) is 14.4. The fraction of sp³-hybridized carbons (Fsp3) is 0.474. The quantitative estimate of drug-likeness (QED) is 0.877. The molecule has 2 heterocycles. The summed E-state index contributed by atoms with van der Waals surface area (Å²) in [5, 5.41) is 10.3. The number of carbonyl (C=O) groups excluding carboxylic acids is 1. The van der Waals surface area contributed by atoms with E-state index in [0.717, 1.165) is 38.0 Å². The van der Waals surface area contributed by atoms with Crippen LogP contribution in [-0.2, 0) is 13.5 Å². The van der Waals surface area contributed by atoms with Crippen molar-refractivity contribution < 1.29 is 4.79 Å². The number of rotatable bonds is 5. The standard InChI is InChI=1S/C19H27N5O/c1-15-5-3-6-16(11-15)8-9-20-19(25)22-17-7-4-10-24(13-17)18-12-21-23(2)14-18/h3,5-6,11-12,14,17H,4,7-10,13H2,1-2H3,(H2,20,22,25). The first-order valence-corrected chi connectivity index (χ1v) is 8.93. The predicted octanol–water partition coefficient (Wildman–Crippen LogP) is 2.24. The van der Waals surface area contributed by atoms with Crippen molar-refractivity contribution in [2.45, 2.75) is 32.2 Å². The van der Waals surface area contributed by atoms with Gasteiger partial charge in [0.05, 0.1) is 11.9 Å². The fourth-order valence-corrected chi connectivity index (χ4v) is 3.33. The fourth-order valence-electron chi connectivity index (χ4n) is 3.33. The minimum Gasteiger partial charge on any atom is -0.367 e. The molecule has 0 saturated carbocycles. The van der Waals surface area contributed by atoms with Gasteiger partial charge in [-0.05, 0) is 31.7 Å². The van der Waals surface area contributed by atoms with Crippen LogP contribution in [0.25, 0.3) is 0 Å². The second kappa shape index (κ2) is 8.05. The largest absolute Gasteiger partial charge is 0.367 e. The molecule has 1 atom stereocenters. The van der Waals surface area contributed by atoms with Crippen molar-refractivity contribution in [3.8, 4) is 0 Å². The molecular formula is C19H27N5O. The maximum absolute atomic E-state index is 12.2. The van der Waals surface area contributed by atoms with Crippen LogP contribution in [0.2, 0.25) is 0 Å². The lowest BCUT2D eigenvalue weighted by molar-refractivity contribution is 0.235. The maximum atomic E-state index is 12.2. The average molecular weight is 341 g/mol. The van der Waals surface area contributed by atoms with E-state index in [4.69, 9.17) is 0 Å². The summed E-state index contributed by atoms with van der Waals surface area (Å²) in [5.74, 6) is 0. The van der Waals surface area contributed by atoms with E-state index < -0.39 is 0 Å². The summed E-state index contributed by atoms with van der Waals surface area (Å²) in [6.07, 6.45) is 6.83. The third kappa shape index (κ3) is 4.98. The van der Waals surface area contributed by atoms with Gasteiger partial charge in [-0.1, -0.05) is 29.8 Å². The third-order valence-electron chi connectivity index (χ3n) is 4.59. The highest BCUT2D eigenvalue weighted by molar-refractivity contribution is 5.74. The third-order valence-corrected chi connectivity index (χ3v) is 4.59. The summed E-state index contributed by atoms with van der Waals surface area (Å²) >= 11 is 0. The Hall–Kier alpha value is -2.50. The maximum Gasteiger partial charge on any atom is 0.315 e. The SMILES string of the molecule is Cc1cccc(CCNC(=O)NC2CCCN(c3cnn(C)c3)C2)c1. The zero-order chi connectivity index (χ0) is 17.6. The second-order valence-corrected chi connectivity index (χ2v) is 6.80. The number of benzene rings is 1. The van der Waals surface area contributed by atoms with E-state index in [9.17, 15) is 4.79 Å². The monoisotopic (exact) mass is 341 g/mol. The number of aryl methyl sites for hydroxylation is 2. The highest BCUT2D eigenvalue weighted by Gasteiger charge is 2.22.